The van der Waals surface area contributed by atoms with Crippen LogP contribution in [0, 0.1) is 6.92 Å². The van der Waals surface area contributed by atoms with E-state index in [1.165, 1.54) is 11.1 Å². The highest BCUT2D eigenvalue weighted by molar-refractivity contribution is 5.97. The number of carbonyl (C=O) groups is 1. The largest absolute Gasteiger partial charge is 0.489 e. The van der Waals surface area contributed by atoms with Crippen LogP contribution < -0.4 is 9.64 Å². The molecule has 0 radical (unpaired) electrons. The van der Waals surface area contributed by atoms with Crippen LogP contribution in [0.5, 0.6) is 5.75 Å². The number of aryl methyl sites for hydroxylation is 2. The van der Waals surface area contributed by atoms with E-state index in [2.05, 4.69) is 28.2 Å². The number of rotatable bonds is 5. The number of amides is 1. The number of ether oxygens (including phenoxy) is 1. The van der Waals surface area contributed by atoms with Crippen molar-refractivity contribution < 1.29 is 9.53 Å². The Balaban J connectivity index is 1.95. The predicted octanol–water partition coefficient (Wildman–Crippen LogP) is 4.13. The highest BCUT2D eigenvalue weighted by Gasteiger charge is 2.24. The topological polar surface area (TPSA) is 74.0 Å². The van der Waals surface area contributed by atoms with Crippen molar-refractivity contribution in [3.63, 3.8) is 0 Å². The molecule has 2 heterocycles. The molecule has 1 aliphatic carbocycles. The number of fused-ring (bicyclic) bond motifs is 5. The average Bonchev–Trinajstić information content (AvgIpc) is 3.10. The Morgan fingerprint density at radius 3 is 2.78 bits per heavy atom. The molecule has 0 saturated carbocycles. The lowest BCUT2D eigenvalue weighted by molar-refractivity contribution is -0.107. The summed E-state index contributed by atoms with van der Waals surface area (Å²) in [7, 11) is 0. The van der Waals surface area contributed by atoms with Crippen LogP contribution in [0.25, 0.3) is 22.3 Å². The van der Waals surface area contributed by atoms with Crippen molar-refractivity contribution in [3.05, 3.63) is 29.0 Å². The van der Waals surface area contributed by atoms with Gasteiger partial charge in [0.25, 0.3) is 0 Å². The summed E-state index contributed by atoms with van der Waals surface area (Å²) in [5.41, 5.74) is 7.65. The first-order valence-corrected chi connectivity index (χ1v) is 9.64. The van der Waals surface area contributed by atoms with Crippen molar-refractivity contribution in [2.45, 2.75) is 53.1 Å². The van der Waals surface area contributed by atoms with Crippen LogP contribution in [-0.4, -0.2) is 34.2 Å². The molecule has 0 saturated heterocycles. The zero-order valence-corrected chi connectivity index (χ0v) is 16.3. The molecule has 1 aromatic carbocycles. The molecule has 0 unspecified atom stereocenters. The smallest absolute Gasteiger partial charge is 0.214 e. The molecule has 1 aliphatic rings. The van der Waals surface area contributed by atoms with Gasteiger partial charge in [-0.25, -0.2) is 0 Å². The van der Waals surface area contributed by atoms with Crippen LogP contribution >= 0.6 is 0 Å². The van der Waals surface area contributed by atoms with E-state index in [0.29, 0.717) is 6.54 Å². The molecule has 6 nitrogen and oxygen atoms in total. The van der Waals surface area contributed by atoms with E-state index >= 15 is 0 Å². The Morgan fingerprint density at radius 1 is 1.30 bits per heavy atom. The molecule has 2 aromatic heterocycles. The van der Waals surface area contributed by atoms with Gasteiger partial charge in [0.05, 0.1) is 23.0 Å². The quantitative estimate of drug-likeness (QED) is 0.667. The minimum Gasteiger partial charge on any atom is -0.489 e. The first kappa shape index (κ1) is 17.6. The molecule has 142 valence electrons. The molecule has 0 spiro atoms. The molecular weight excluding hydrogens is 340 g/mol. The third-order valence-electron chi connectivity index (χ3n) is 5.29. The number of nitrogens with one attached hydrogen (secondary N) is 2. The first-order valence-electron chi connectivity index (χ1n) is 9.64. The van der Waals surface area contributed by atoms with Crippen LogP contribution in [0.15, 0.2) is 12.1 Å². The standard InChI is InChI=1S/C21H26N4O2/c1-5-25(11-26)18-9-16-15-8-6-7-14-13(4)23-24-21(14)20(15)22-17(16)10-19(18)27-12(2)3/h9-12,22H,5-8H2,1-4H3,(H,23,24). The molecule has 6 heteroatoms. The lowest BCUT2D eigenvalue weighted by Crippen LogP contribution is -2.21. The minimum absolute atomic E-state index is 0.0277. The second-order valence-corrected chi connectivity index (χ2v) is 7.43. The molecule has 0 bridgehead atoms. The number of aromatic nitrogens is 3. The van der Waals surface area contributed by atoms with E-state index < -0.39 is 0 Å². The molecule has 0 fully saturated rings. The third-order valence-corrected chi connectivity index (χ3v) is 5.29. The van der Waals surface area contributed by atoms with E-state index in [0.717, 1.165) is 65.1 Å². The van der Waals surface area contributed by atoms with Crippen molar-refractivity contribution >= 4 is 23.0 Å². The van der Waals surface area contributed by atoms with Gasteiger partial charge in [-0.15, -0.1) is 0 Å². The van der Waals surface area contributed by atoms with E-state index in [9.17, 15) is 4.79 Å². The van der Waals surface area contributed by atoms with Gasteiger partial charge in [-0.2, -0.15) is 5.10 Å². The van der Waals surface area contributed by atoms with Gasteiger partial charge in [0.2, 0.25) is 6.41 Å². The molecule has 0 aliphatic heterocycles. The fraction of sp³-hybridized carbons (Fsp3) is 0.429. The monoisotopic (exact) mass is 366 g/mol. The zero-order valence-electron chi connectivity index (χ0n) is 16.3. The number of aromatic amines is 2. The molecule has 1 amide bonds. The second kappa shape index (κ2) is 6.76. The summed E-state index contributed by atoms with van der Waals surface area (Å²) in [5.74, 6) is 0.723. The van der Waals surface area contributed by atoms with Crippen LogP contribution in [0.1, 0.15) is 44.0 Å². The van der Waals surface area contributed by atoms with Crippen LogP contribution in [0.4, 0.5) is 5.69 Å². The second-order valence-electron chi connectivity index (χ2n) is 7.43. The number of anilines is 1. The maximum absolute atomic E-state index is 11.6. The number of hydrogen-bond donors (Lipinski definition) is 2. The molecule has 27 heavy (non-hydrogen) atoms. The van der Waals surface area contributed by atoms with Crippen LogP contribution in [-0.2, 0) is 17.6 Å². The summed E-state index contributed by atoms with van der Waals surface area (Å²) in [6, 6.07) is 4.11. The fourth-order valence-electron chi connectivity index (χ4n) is 4.01. The Morgan fingerprint density at radius 2 is 2.07 bits per heavy atom. The van der Waals surface area contributed by atoms with Gasteiger partial charge in [0.1, 0.15) is 11.4 Å². The molecular formula is C21H26N4O2. The summed E-state index contributed by atoms with van der Waals surface area (Å²) in [4.78, 5) is 16.9. The van der Waals surface area contributed by atoms with Crippen LogP contribution in [0.2, 0.25) is 0 Å². The number of benzene rings is 1. The normalized spacial score (nSPS) is 13.4. The highest BCUT2D eigenvalue weighted by atomic mass is 16.5. The van der Waals surface area contributed by atoms with Gasteiger partial charge < -0.3 is 14.6 Å². The fourth-order valence-corrected chi connectivity index (χ4v) is 4.01. The number of H-pyrrole nitrogens is 2. The SMILES string of the molecule is CCN(C=O)c1cc2c3c([nH]c2cc1OC(C)C)-c1n[nH]c(C)c1CCC3. The van der Waals surface area contributed by atoms with Gasteiger partial charge in [0.15, 0.2) is 0 Å². The Hall–Kier alpha value is -2.76. The Kier molecular flexibility index (Phi) is 4.42. The minimum atomic E-state index is 0.0277. The van der Waals surface area contributed by atoms with E-state index in [4.69, 9.17) is 4.74 Å². The first-order chi connectivity index (χ1) is 13.0. The van der Waals surface area contributed by atoms with Crippen molar-refractivity contribution in [1.29, 1.82) is 0 Å². The van der Waals surface area contributed by atoms with Gasteiger partial charge in [-0.1, -0.05) is 0 Å². The summed E-state index contributed by atoms with van der Waals surface area (Å²) < 4.78 is 6.03. The van der Waals surface area contributed by atoms with E-state index in [1.807, 2.05) is 26.8 Å². The maximum atomic E-state index is 11.6. The Bertz CT molecular complexity index is 999. The summed E-state index contributed by atoms with van der Waals surface area (Å²) in [6.45, 7) is 8.63. The molecule has 0 atom stereocenters. The van der Waals surface area contributed by atoms with E-state index in [1.54, 1.807) is 4.90 Å². The average molecular weight is 366 g/mol. The zero-order chi connectivity index (χ0) is 19.1. The summed E-state index contributed by atoms with van der Waals surface area (Å²) in [6.07, 6.45) is 3.99. The summed E-state index contributed by atoms with van der Waals surface area (Å²) in [5, 5.41) is 8.83. The van der Waals surface area contributed by atoms with Crippen molar-refractivity contribution in [2.75, 3.05) is 11.4 Å². The molecule has 4 rings (SSSR count). The lowest BCUT2D eigenvalue weighted by Gasteiger charge is -2.21. The van der Waals surface area contributed by atoms with E-state index in [-0.39, 0.29) is 6.10 Å². The number of carbonyl (C=O) groups excluding carboxylic acids is 1. The van der Waals surface area contributed by atoms with Gasteiger partial charge >= 0.3 is 0 Å². The Labute approximate surface area is 158 Å². The number of hydrogen-bond acceptors (Lipinski definition) is 3. The van der Waals surface area contributed by atoms with Crippen molar-refractivity contribution in [2.24, 2.45) is 0 Å². The maximum Gasteiger partial charge on any atom is 0.214 e. The molecule has 3 aromatic rings. The third kappa shape index (κ3) is 2.89. The van der Waals surface area contributed by atoms with Gasteiger partial charge in [0, 0.05) is 29.3 Å². The predicted molar refractivity (Wildman–Crippen MR) is 107 cm³/mol. The summed E-state index contributed by atoms with van der Waals surface area (Å²) >= 11 is 0. The van der Waals surface area contributed by atoms with Crippen molar-refractivity contribution in [1.82, 2.24) is 15.2 Å². The number of nitrogens with zero attached hydrogens (tertiary/aromatic N) is 2. The van der Waals surface area contributed by atoms with Crippen LogP contribution in [0.3, 0.4) is 0 Å². The van der Waals surface area contributed by atoms with Gasteiger partial charge in [-0.3, -0.25) is 9.89 Å². The lowest BCUT2D eigenvalue weighted by atomic mass is 10.0. The highest BCUT2D eigenvalue weighted by Crippen LogP contribution is 2.41. The van der Waals surface area contributed by atoms with Gasteiger partial charge in [-0.05, 0) is 58.6 Å². The van der Waals surface area contributed by atoms with Crippen molar-refractivity contribution in [3.8, 4) is 17.1 Å². The molecule has 2 N–H and O–H groups in total.